The Kier molecular flexibility index (Phi) is 6.61. The molecule has 2 heterocycles. The van der Waals surface area contributed by atoms with E-state index >= 15 is 0 Å². The molecule has 2 aromatic heterocycles. The van der Waals surface area contributed by atoms with Gasteiger partial charge in [-0.05, 0) is 36.6 Å². The summed E-state index contributed by atoms with van der Waals surface area (Å²) in [5.74, 6) is -1.82. The summed E-state index contributed by atoms with van der Waals surface area (Å²) in [5.41, 5.74) is 3.20. The van der Waals surface area contributed by atoms with E-state index in [0.29, 0.717) is 28.6 Å². The molecular weight excluding hydrogens is 382 g/mol. The van der Waals surface area contributed by atoms with Crippen LogP contribution >= 0.6 is 0 Å². The summed E-state index contributed by atoms with van der Waals surface area (Å²) >= 11 is 0. The standard InChI is InChI=1S/C23H25N3O4/c1-4-9-17-15(5-2)21(16-10-6-7-11-18(16)24-17)23(29)30-14-20(27)25-22(28)19-12-8-13-26(19)3/h6-8,10-13H,4-5,9,14H2,1-3H3,(H,25,27,28). The first-order chi connectivity index (χ1) is 14.5. The minimum atomic E-state index is -0.681. The molecule has 0 saturated carbocycles. The maximum atomic E-state index is 12.9. The zero-order chi connectivity index (χ0) is 21.7. The zero-order valence-electron chi connectivity index (χ0n) is 17.4. The van der Waals surface area contributed by atoms with Gasteiger partial charge in [0, 0.05) is 24.3 Å². The molecule has 0 aliphatic carbocycles. The highest BCUT2D eigenvalue weighted by Crippen LogP contribution is 2.26. The van der Waals surface area contributed by atoms with Crippen LogP contribution in [-0.2, 0) is 29.4 Å². The second-order valence-corrected chi connectivity index (χ2v) is 6.99. The van der Waals surface area contributed by atoms with Gasteiger partial charge in [-0.15, -0.1) is 0 Å². The van der Waals surface area contributed by atoms with Gasteiger partial charge in [0.05, 0.1) is 11.1 Å². The van der Waals surface area contributed by atoms with Crippen molar-refractivity contribution in [1.82, 2.24) is 14.9 Å². The van der Waals surface area contributed by atoms with Gasteiger partial charge in [-0.1, -0.05) is 38.5 Å². The van der Waals surface area contributed by atoms with Gasteiger partial charge in [0.1, 0.15) is 5.69 Å². The molecule has 2 amide bonds. The van der Waals surface area contributed by atoms with Crippen LogP contribution in [0.5, 0.6) is 0 Å². The zero-order valence-corrected chi connectivity index (χ0v) is 17.4. The predicted molar refractivity (Wildman–Crippen MR) is 113 cm³/mol. The molecule has 0 unspecified atom stereocenters. The number of rotatable bonds is 7. The van der Waals surface area contributed by atoms with Crippen molar-refractivity contribution in [3.63, 3.8) is 0 Å². The molecule has 0 atom stereocenters. The fraction of sp³-hybridized carbons (Fsp3) is 0.304. The molecule has 3 aromatic rings. The third-order valence-electron chi connectivity index (χ3n) is 4.89. The van der Waals surface area contributed by atoms with E-state index < -0.39 is 24.4 Å². The number of hydrogen-bond donors (Lipinski definition) is 1. The van der Waals surface area contributed by atoms with Crippen LogP contribution in [0.4, 0.5) is 0 Å². The number of nitrogens with zero attached hydrogens (tertiary/aromatic N) is 2. The Labute approximate surface area is 175 Å². The number of carbonyl (C=O) groups excluding carboxylic acids is 3. The molecule has 0 bridgehead atoms. The van der Waals surface area contributed by atoms with E-state index in [1.54, 1.807) is 29.9 Å². The number of para-hydroxylation sites is 1. The second-order valence-electron chi connectivity index (χ2n) is 6.99. The van der Waals surface area contributed by atoms with Gasteiger partial charge in [-0.3, -0.25) is 19.9 Å². The van der Waals surface area contributed by atoms with Crippen molar-refractivity contribution in [2.75, 3.05) is 6.61 Å². The summed E-state index contributed by atoms with van der Waals surface area (Å²) in [7, 11) is 1.70. The lowest BCUT2D eigenvalue weighted by Gasteiger charge is -2.15. The molecule has 1 aromatic carbocycles. The molecule has 0 saturated heterocycles. The van der Waals surface area contributed by atoms with Gasteiger partial charge in [0.15, 0.2) is 6.61 Å². The fourth-order valence-electron chi connectivity index (χ4n) is 3.49. The summed E-state index contributed by atoms with van der Waals surface area (Å²) in [6.07, 6.45) is 3.97. The number of esters is 1. The lowest BCUT2D eigenvalue weighted by Crippen LogP contribution is -2.35. The van der Waals surface area contributed by atoms with Gasteiger partial charge in [0.25, 0.3) is 11.8 Å². The number of nitrogens with one attached hydrogen (secondary N) is 1. The normalized spacial score (nSPS) is 10.8. The monoisotopic (exact) mass is 407 g/mol. The maximum absolute atomic E-state index is 12.9. The molecule has 0 fully saturated rings. The Balaban J connectivity index is 1.80. The van der Waals surface area contributed by atoms with Gasteiger partial charge >= 0.3 is 5.97 Å². The molecule has 0 spiro atoms. The first-order valence-corrected chi connectivity index (χ1v) is 9.99. The Bertz CT molecular complexity index is 1100. The highest BCUT2D eigenvalue weighted by Gasteiger charge is 2.22. The van der Waals surface area contributed by atoms with Crippen LogP contribution in [0.3, 0.4) is 0 Å². The molecule has 7 heteroatoms. The van der Waals surface area contributed by atoms with Gasteiger partial charge in [0.2, 0.25) is 0 Å². The summed E-state index contributed by atoms with van der Waals surface area (Å²) in [5, 5.41) is 2.93. The van der Waals surface area contributed by atoms with Gasteiger partial charge < -0.3 is 9.30 Å². The summed E-state index contributed by atoms with van der Waals surface area (Å²) < 4.78 is 6.88. The van der Waals surface area contributed by atoms with Crippen molar-refractivity contribution in [1.29, 1.82) is 0 Å². The molecule has 0 aliphatic rings. The number of benzene rings is 1. The Morgan fingerprint density at radius 2 is 1.87 bits per heavy atom. The highest BCUT2D eigenvalue weighted by atomic mass is 16.5. The van der Waals surface area contributed by atoms with Crippen LogP contribution in [0.2, 0.25) is 0 Å². The van der Waals surface area contributed by atoms with Crippen molar-refractivity contribution < 1.29 is 19.1 Å². The second kappa shape index (κ2) is 9.35. The highest BCUT2D eigenvalue weighted by molar-refractivity contribution is 6.07. The van der Waals surface area contributed by atoms with E-state index in [1.165, 1.54) is 0 Å². The van der Waals surface area contributed by atoms with Crippen molar-refractivity contribution in [3.8, 4) is 0 Å². The van der Waals surface area contributed by atoms with E-state index in [0.717, 1.165) is 24.1 Å². The van der Waals surface area contributed by atoms with Crippen LogP contribution < -0.4 is 5.32 Å². The largest absolute Gasteiger partial charge is 0.452 e. The third kappa shape index (κ3) is 4.40. The summed E-state index contributed by atoms with van der Waals surface area (Å²) in [4.78, 5) is 42.0. The average molecular weight is 407 g/mol. The third-order valence-corrected chi connectivity index (χ3v) is 4.89. The predicted octanol–water partition coefficient (Wildman–Crippen LogP) is 3.20. The first-order valence-electron chi connectivity index (χ1n) is 9.99. The molecular formula is C23H25N3O4. The van der Waals surface area contributed by atoms with Gasteiger partial charge in [-0.2, -0.15) is 0 Å². The number of carbonyl (C=O) groups is 3. The Morgan fingerprint density at radius 3 is 2.53 bits per heavy atom. The number of amides is 2. The van der Waals surface area contributed by atoms with E-state index in [2.05, 4.69) is 12.2 Å². The summed E-state index contributed by atoms with van der Waals surface area (Å²) in [6, 6.07) is 10.7. The quantitative estimate of drug-likeness (QED) is 0.608. The number of hydrogen-bond acceptors (Lipinski definition) is 5. The Morgan fingerprint density at radius 1 is 1.10 bits per heavy atom. The van der Waals surface area contributed by atoms with E-state index in [4.69, 9.17) is 9.72 Å². The van der Waals surface area contributed by atoms with Crippen LogP contribution in [0.1, 0.15) is 52.4 Å². The number of aromatic nitrogens is 2. The molecule has 0 radical (unpaired) electrons. The van der Waals surface area contributed by atoms with Crippen LogP contribution in [0, 0.1) is 0 Å². The maximum Gasteiger partial charge on any atom is 0.339 e. The minimum absolute atomic E-state index is 0.340. The first kappa shape index (κ1) is 21.2. The van der Waals surface area contributed by atoms with E-state index in [1.807, 2.05) is 31.2 Å². The van der Waals surface area contributed by atoms with E-state index in [-0.39, 0.29) is 0 Å². The van der Waals surface area contributed by atoms with Crippen LogP contribution in [0.15, 0.2) is 42.6 Å². The van der Waals surface area contributed by atoms with Crippen molar-refractivity contribution >= 4 is 28.7 Å². The molecule has 30 heavy (non-hydrogen) atoms. The lowest BCUT2D eigenvalue weighted by atomic mass is 9.96. The van der Waals surface area contributed by atoms with Crippen LogP contribution in [0.25, 0.3) is 10.9 Å². The molecule has 156 valence electrons. The van der Waals surface area contributed by atoms with Crippen molar-refractivity contribution in [2.24, 2.45) is 7.05 Å². The van der Waals surface area contributed by atoms with Gasteiger partial charge in [-0.25, -0.2) is 4.79 Å². The molecule has 0 aliphatic heterocycles. The number of aryl methyl sites for hydroxylation is 2. The number of ether oxygens (including phenoxy) is 1. The number of imide groups is 1. The van der Waals surface area contributed by atoms with Crippen LogP contribution in [-0.4, -0.2) is 33.9 Å². The number of pyridine rings is 1. The van der Waals surface area contributed by atoms with E-state index in [9.17, 15) is 14.4 Å². The molecule has 3 rings (SSSR count). The fourth-order valence-corrected chi connectivity index (χ4v) is 3.49. The van der Waals surface area contributed by atoms with Crippen molar-refractivity contribution in [3.05, 3.63) is 65.1 Å². The number of fused-ring (bicyclic) bond motifs is 1. The SMILES string of the molecule is CCCc1nc2ccccc2c(C(=O)OCC(=O)NC(=O)c2cccn2C)c1CC. The smallest absolute Gasteiger partial charge is 0.339 e. The average Bonchev–Trinajstić information content (AvgIpc) is 3.17. The lowest BCUT2D eigenvalue weighted by molar-refractivity contribution is -0.123. The Hall–Kier alpha value is -3.48. The summed E-state index contributed by atoms with van der Waals surface area (Å²) in [6.45, 7) is 3.48. The topological polar surface area (TPSA) is 90.3 Å². The molecule has 1 N–H and O–H groups in total. The molecule has 7 nitrogen and oxygen atoms in total. The minimum Gasteiger partial charge on any atom is -0.452 e. The van der Waals surface area contributed by atoms with Crippen molar-refractivity contribution in [2.45, 2.75) is 33.1 Å².